The molecule has 0 atom stereocenters. The van der Waals surface area contributed by atoms with Gasteiger partial charge in [-0.15, -0.1) is 0 Å². The summed E-state index contributed by atoms with van der Waals surface area (Å²) in [5.74, 6) is 1.62. The zero-order chi connectivity index (χ0) is 37.8. The molecule has 0 aliphatic heterocycles. The maximum Gasteiger partial charge on any atom is 0.156 e. The lowest BCUT2D eigenvalue weighted by Gasteiger charge is -2.14. The predicted octanol–water partition coefficient (Wildman–Crippen LogP) is 13.4. The van der Waals surface area contributed by atoms with Crippen LogP contribution in [0.4, 0.5) is 11.4 Å². The van der Waals surface area contributed by atoms with E-state index in [0.29, 0.717) is 0 Å². The van der Waals surface area contributed by atoms with Crippen molar-refractivity contribution in [2.24, 2.45) is 9.98 Å². The van der Waals surface area contributed by atoms with Crippen LogP contribution in [0, 0.1) is 0 Å². The Hall–Kier alpha value is -7.70. The molecule has 6 nitrogen and oxygen atoms in total. The molecule has 0 amide bonds. The highest BCUT2D eigenvalue weighted by Gasteiger charge is 2.21. The fourth-order valence-electron chi connectivity index (χ4n) is 9.34. The van der Waals surface area contributed by atoms with Gasteiger partial charge in [0.15, 0.2) is 5.82 Å². The Morgan fingerprint density at radius 3 is 1.54 bits per heavy atom. The maximum absolute atomic E-state index is 5.44. The summed E-state index contributed by atoms with van der Waals surface area (Å²) >= 11 is 0. The summed E-state index contributed by atoms with van der Waals surface area (Å²) in [6.07, 6.45) is 1.93. The minimum Gasteiger partial charge on any atom is -0.297 e. The number of nitrogens with zero attached hydrogens (tertiary/aromatic N) is 6. The van der Waals surface area contributed by atoms with Crippen LogP contribution in [0.3, 0.4) is 0 Å². The molecule has 0 aliphatic rings. The predicted molar refractivity (Wildman–Crippen MR) is 241 cm³/mol. The smallest absolute Gasteiger partial charge is 0.156 e. The third-order valence-electron chi connectivity index (χ3n) is 11.7. The number of para-hydroxylation sites is 2. The van der Waals surface area contributed by atoms with Gasteiger partial charge in [-0.25, -0.2) is 9.98 Å². The van der Waals surface area contributed by atoms with E-state index in [1.165, 1.54) is 10.8 Å². The molecule has 0 saturated carbocycles. The van der Waals surface area contributed by atoms with Gasteiger partial charge in [0, 0.05) is 43.1 Å². The maximum atomic E-state index is 5.44. The summed E-state index contributed by atoms with van der Waals surface area (Å²) in [7, 11) is 0. The van der Waals surface area contributed by atoms with Crippen LogP contribution >= 0.6 is 0 Å². The second-order valence-electron chi connectivity index (χ2n) is 14.7. The molecule has 12 aromatic rings. The molecule has 0 spiro atoms. The van der Waals surface area contributed by atoms with Crippen LogP contribution in [0.15, 0.2) is 174 Å². The summed E-state index contributed by atoms with van der Waals surface area (Å²) in [6, 6.07) is 55.7. The van der Waals surface area contributed by atoms with Gasteiger partial charge in [-0.3, -0.25) is 19.1 Å². The van der Waals surface area contributed by atoms with E-state index in [1.54, 1.807) is 0 Å². The van der Waals surface area contributed by atoms with Crippen LogP contribution in [-0.4, -0.2) is 31.7 Å². The standard InChI is InChI=1S/C51H32N6/c1-30(54-50-39-23-9-5-17-33(39)31-15-3-7-21-37(31)48(50)52-2)56-43-25-13-11-19-35(43)41-28-46-42(27-45(41)56)36-20-12-14-26-44(36)57(46)47-29-53-49-38-22-8-4-16-32(38)34-18-6-10-24-40(34)51(49)55-47/h3-29H,2H2,1H3. The Labute approximate surface area is 326 Å². The Morgan fingerprint density at radius 1 is 0.456 bits per heavy atom. The lowest BCUT2D eigenvalue weighted by molar-refractivity contribution is 1.08. The van der Waals surface area contributed by atoms with E-state index in [9.17, 15) is 0 Å². The van der Waals surface area contributed by atoms with Crippen LogP contribution in [-0.2, 0) is 0 Å². The first-order chi connectivity index (χ1) is 28.2. The largest absolute Gasteiger partial charge is 0.297 e. The van der Waals surface area contributed by atoms with Gasteiger partial charge in [0.2, 0.25) is 0 Å². The third-order valence-corrected chi connectivity index (χ3v) is 11.7. The van der Waals surface area contributed by atoms with Crippen molar-refractivity contribution in [1.29, 1.82) is 0 Å². The van der Waals surface area contributed by atoms with Gasteiger partial charge >= 0.3 is 0 Å². The number of fused-ring (bicyclic) bond motifs is 15. The van der Waals surface area contributed by atoms with Gasteiger partial charge in [-0.2, -0.15) is 0 Å². The van der Waals surface area contributed by atoms with Crippen molar-refractivity contribution >= 4 is 122 Å². The summed E-state index contributed by atoms with van der Waals surface area (Å²) in [5, 5.41) is 13.5. The summed E-state index contributed by atoms with van der Waals surface area (Å²) in [6.45, 7) is 6.11. The monoisotopic (exact) mass is 728 g/mol. The average molecular weight is 729 g/mol. The number of hydrogen-bond donors (Lipinski definition) is 0. The van der Waals surface area contributed by atoms with Crippen molar-refractivity contribution < 1.29 is 0 Å². The van der Waals surface area contributed by atoms with E-state index >= 15 is 0 Å². The fourth-order valence-corrected chi connectivity index (χ4v) is 9.34. The van der Waals surface area contributed by atoms with Crippen molar-refractivity contribution in [3.63, 3.8) is 0 Å². The first kappa shape index (κ1) is 31.6. The van der Waals surface area contributed by atoms with Crippen molar-refractivity contribution in [3.05, 3.63) is 164 Å². The Balaban J connectivity index is 1.15. The summed E-state index contributed by atoms with van der Waals surface area (Å²) < 4.78 is 4.57. The molecule has 0 unspecified atom stereocenters. The quantitative estimate of drug-likeness (QED) is 0.103. The van der Waals surface area contributed by atoms with E-state index in [1.807, 2.05) is 6.20 Å². The normalized spacial score (nSPS) is 12.5. The number of aliphatic imine (C=N–C) groups is 2. The van der Waals surface area contributed by atoms with Crippen molar-refractivity contribution in [3.8, 4) is 5.82 Å². The topological polar surface area (TPSA) is 60.4 Å². The third kappa shape index (κ3) is 4.41. The lowest BCUT2D eigenvalue weighted by Crippen LogP contribution is -2.06. The Morgan fingerprint density at radius 2 is 0.912 bits per heavy atom. The van der Waals surface area contributed by atoms with E-state index in [2.05, 4.69) is 185 Å². The van der Waals surface area contributed by atoms with E-state index < -0.39 is 0 Å². The average Bonchev–Trinajstić information content (AvgIpc) is 3.77. The van der Waals surface area contributed by atoms with Gasteiger partial charge in [0.1, 0.15) is 5.84 Å². The zero-order valence-corrected chi connectivity index (χ0v) is 31.0. The van der Waals surface area contributed by atoms with Crippen LogP contribution in [0.1, 0.15) is 6.92 Å². The van der Waals surface area contributed by atoms with Crippen LogP contribution in [0.2, 0.25) is 0 Å². The molecule has 6 heteroatoms. The molecule has 0 radical (unpaired) electrons. The van der Waals surface area contributed by atoms with Crippen molar-refractivity contribution in [1.82, 2.24) is 19.1 Å². The molecule has 9 aromatic carbocycles. The summed E-state index contributed by atoms with van der Waals surface area (Å²) in [4.78, 5) is 20.6. The number of benzene rings is 9. The summed E-state index contributed by atoms with van der Waals surface area (Å²) in [5.41, 5.74) is 7.70. The second kappa shape index (κ2) is 11.9. The number of rotatable bonds is 3. The van der Waals surface area contributed by atoms with Gasteiger partial charge in [-0.1, -0.05) is 133 Å². The number of hydrogen-bond acceptors (Lipinski definition) is 4. The fraction of sp³-hybridized carbons (Fsp3) is 0.0196. The minimum atomic E-state index is 0.780. The van der Waals surface area contributed by atoms with E-state index in [4.69, 9.17) is 15.0 Å². The lowest BCUT2D eigenvalue weighted by atomic mass is 9.98. The molecule has 57 heavy (non-hydrogen) atoms. The molecule has 3 heterocycles. The molecule has 0 aliphatic carbocycles. The highest BCUT2D eigenvalue weighted by Crippen LogP contribution is 2.45. The molecule has 0 N–H and O–H groups in total. The first-order valence-corrected chi connectivity index (χ1v) is 19.2. The van der Waals surface area contributed by atoms with Crippen LogP contribution in [0.25, 0.3) is 104 Å². The van der Waals surface area contributed by atoms with Gasteiger partial charge in [-0.05, 0) is 59.5 Å². The molecule has 266 valence electrons. The molecular formula is C51H32N6. The zero-order valence-electron chi connectivity index (χ0n) is 31.0. The van der Waals surface area contributed by atoms with Gasteiger partial charge < -0.3 is 0 Å². The molecule has 0 bridgehead atoms. The van der Waals surface area contributed by atoms with Gasteiger partial charge in [0.25, 0.3) is 0 Å². The van der Waals surface area contributed by atoms with Crippen molar-refractivity contribution in [2.75, 3.05) is 0 Å². The highest BCUT2D eigenvalue weighted by molar-refractivity contribution is 6.25. The van der Waals surface area contributed by atoms with Gasteiger partial charge in [0.05, 0.1) is 50.7 Å². The Kier molecular flexibility index (Phi) is 6.60. The van der Waals surface area contributed by atoms with Crippen molar-refractivity contribution in [2.45, 2.75) is 6.92 Å². The van der Waals surface area contributed by atoms with Crippen LogP contribution in [0.5, 0.6) is 0 Å². The molecule has 12 rings (SSSR count). The van der Waals surface area contributed by atoms with E-state index in [-0.39, 0.29) is 0 Å². The molecule has 0 saturated heterocycles. The van der Waals surface area contributed by atoms with E-state index in [0.717, 1.165) is 110 Å². The molecule has 3 aromatic heterocycles. The minimum absolute atomic E-state index is 0.780. The Bertz CT molecular complexity index is 3700. The van der Waals surface area contributed by atoms with Crippen LogP contribution < -0.4 is 0 Å². The molecular weight excluding hydrogens is 697 g/mol. The second-order valence-corrected chi connectivity index (χ2v) is 14.7. The highest BCUT2D eigenvalue weighted by atomic mass is 15.1. The number of aromatic nitrogens is 4. The SMILES string of the molecule is C=Nc1c(N=C(C)n2c3ccccc3c3cc4c(cc32)c2ccccc2n4-c2cnc3c4ccccc4c4ccccc4c3n2)c2ccccc2c2ccccc12. The first-order valence-electron chi connectivity index (χ1n) is 19.2. The molecule has 0 fully saturated rings.